The lowest BCUT2D eigenvalue weighted by Gasteiger charge is -2.34. The van der Waals surface area contributed by atoms with Crippen molar-refractivity contribution in [1.82, 2.24) is 5.32 Å². The summed E-state index contributed by atoms with van der Waals surface area (Å²) in [6, 6.07) is 0. The summed E-state index contributed by atoms with van der Waals surface area (Å²) in [5, 5.41) is 2.65. The molecule has 0 aliphatic heterocycles. The standard InChI is InChI=1S/C11H17NO2/c1-10(2)7-4-5-11(10,8(13)6-7)9(14)12-3/h7H,4-6H2,1-3H3,(H,12,14)/t7-,11+/m1/s1. The van der Waals surface area contributed by atoms with Crippen LogP contribution in [0.1, 0.15) is 33.1 Å². The second-order valence-electron chi connectivity index (χ2n) is 5.07. The molecule has 0 spiro atoms. The number of carbonyl (C=O) groups excluding carboxylic acids is 2. The highest BCUT2D eigenvalue weighted by molar-refractivity contribution is 6.09. The van der Waals surface area contributed by atoms with Crippen LogP contribution in [0.3, 0.4) is 0 Å². The van der Waals surface area contributed by atoms with Crippen LogP contribution in [-0.4, -0.2) is 18.7 Å². The van der Waals surface area contributed by atoms with Gasteiger partial charge in [0, 0.05) is 13.5 Å². The largest absolute Gasteiger partial charge is 0.358 e. The van der Waals surface area contributed by atoms with Gasteiger partial charge in [0.15, 0.2) is 0 Å². The van der Waals surface area contributed by atoms with Crippen molar-refractivity contribution in [3.63, 3.8) is 0 Å². The molecule has 0 heterocycles. The Balaban J connectivity index is 2.49. The lowest BCUT2D eigenvalue weighted by atomic mass is 9.68. The first-order valence-corrected chi connectivity index (χ1v) is 5.22. The average molecular weight is 195 g/mol. The molecule has 2 aliphatic carbocycles. The number of rotatable bonds is 1. The Morgan fingerprint density at radius 3 is 2.50 bits per heavy atom. The van der Waals surface area contributed by atoms with Crippen molar-refractivity contribution >= 4 is 11.7 Å². The molecular formula is C11H17NO2. The van der Waals surface area contributed by atoms with Crippen LogP contribution in [-0.2, 0) is 9.59 Å². The Hall–Kier alpha value is -0.860. The van der Waals surface area contributed by atoms with E-state index in [1.54, 1.807) is 7.05 Å². The predicted molar refractivity (Wildman–Crippen MR) is 52.6 cm³/mol. The molecule has 1 amide bonds. The van der Waals surface area contributed by atoms with Crippen LogP contribution in [0.25, 0.3) is 0 Å². The van der Waals surface area contributed by atoms with Gasteiger partial charge < -0.3 is 5.32 Å². The molecule has 78 valence electrons. The number of amides is 1. The summed E-state index contributed by atoms with van der Waals surface area (Å²) in [5.74, 6) is 0.484. The van der Waals surface area contributed by atoms with Crippen molar-refractivity contribution in [2.24, 2.45) is 16.7 Å². The number of ketones is 1. The van der Waals surface area contributed by atoms with Gasteiger partial charge in [0.05, 0.1) is 0 Å². The van der Waals surface area contributed by atoms with Gasteiger partial charge in [-0.15, -0.1) is 0 Å². The minimum absolute atomic E-state index is 0.0764. The topological polar surface area (TPSA) is 46.2 Å². The van der Waals surface area contributed by atoms with E-state index >= 15 is 0 Å². The van der Waals surface area contributed by atoms with E-state index in [1.807, 2.05) is 0 Å². The third-order valence-corrected chi connectivity index (χ3v) is 4.51. The molecule has 2 bridgehead atoms. The summed E-state index contributed by atoms with van der Waals surface area (Å²) in [7, 11) is 1.62. The quantitative estimate of drug-likeness (QED) is 0.637. The molecule has 2 rings (SSSR count). The van der Waals surface area contributed by atoms with E-state index in [4.69, 9.17) is 0 Å². The minimum Gasteiger partial charge on any atom is -0.358 e. The average Bonchev–Trinajstić information content (AvgIpc) is 2.49. The third kappa shape index (κ3) is 0.787. The molecule has 2 aliphatic rings. The van der Waals surface area contributed by atoms with E-state index in [1.165, 1.54) is 0 Å². The Morgan fingerprint density at radius 1 is 1.50 bits per heavy atom. The maximum atomic E-state index is 11.9. The molecular weight excluding hydrogens is 178 g/mol. The number of hydrogen-bond donors (Lipinski definition) is 1. The fourth-order valence-corrected chi connectivity index (χ4v) is 3.42. The summed E-state index contributed by atoms with van der Waals surface area (Å²) in [5.41, 5.74) is -0.864. The summed E-state index contributed by atoms with van der Waals surface area (Å²) in [6.45, 7) is 4.12. The normalized spacial score (nSPS) is 38.8. The number of fused-ring (bicyclic) bond motifs is 2. The molecule has 1 N–H and O–H groups in total. The van der Waals surface area contributed by atoms with Crippen LogP contribution in [0, 0.1) is 16.7 Å². The van der Waals surface area contributed by atoms with Gasteiger partial charge in [-0.05, 0) is 24.2 Å². The van der Waals surface area contributed by atoms with Gasteiger partial charge in [-0.2, -0.15) is 0 Å². The number of nitrogens with one attached hydrogen (secondary N) is 1. The van der Waals surface area contributed by atoms with Crippen LogP contribution in [0.2, 0.25) is 0 Å². The monoisotopic (exact) mass is 195 g/mol. The van der Waals surface area contributed by atoms with Crippen LogP contribution in [0.4, 0.5) is 0 Å². The van der Waals surface area contributed by atoms with Gasteiger partial charge in [0.25, 0.3) is 0 Å². The first-order valence-electron chi connectivity index (χ1n) is 5.22. The maximum Gasteiger partial charge on any atom is 0.234 e. The smallest absolute Gasteiger partial charge is 0.234 e. The van der Waals surface area contributed by atoms with Crippen molar-refractivity contribution in [1.29, 1.82) is 0 Å². The molecule has 3 heteroatoms. The molecule has 0 aromatic rings. The molecule has 0 radical (unpaired) electrons. The predicted octanol–water partition coefficient (Wildman–Crippen LogP) is 1.13. The van der Waals surface area contributed by atoms with E-state index in [2.05, 4.69) is 19.2 Å². The Morgan fingerprint density at radius 2 is 2.14 bits per heavy atom. The lowest BCUT2D eigenvalue weighted by molar-refractivity contribution is -0.144. The molecule has 2 atom stereocenters. The second kappa shape index (κ2) is 2.59. The number of carbonyl (C=O) groups is 2. The fourth-order valence-electron chi connectivity index (χ4n) is 3.42. The van der Waals surface area contributed by atoms with Crippen molar-refractivity contribution in [2.75, 3.05) is 7.05 Å². The van der Waals surface area contributed by atoms with E-state index in [-0.39, 0.29) is 17.1 Å². The van der Waals surface area contributed by atoms with Crippen molar-refractivity contribution in [2.45, 2.75) is 33.1 Å². The Bertz CT molecular complexity index is 308. The van der Waals surface area contributed by atoms with E-state index in [0.29, 0.717) is 12.3 Å². The van der Waals surface area contributed by atoms with Gasteiger partial charge in [0.2, 0.25) is 5.91 Å². The zero-order valence-electron chi connectivity index (χ0n) is 9.02. The summed E-state index contributed by atoms with van der Waals surface area (Å²) in [4.78, 5) is 23.8. The molecule has 14 heavy (non-hydrogen) atoms. The molecule has 3 nitrogen and oxygen atoms in total. The van der Waals surface area contributed by atoms with Crippen LogP contribution in [0.15, 0.2) is 0 Å². The highest BCUT2D eigenvalue weighted by Crippen LogP contribution is 2.63. The summed E-state index contributed by atoms with van der Waals surface area (Å²) < 4.78 is 0. The fraction of sp³-hybridized carbons (Fsp3) is 0.818. The molecule has 0 unspecified atom stereocenters. The summed E-state index contributed by atoms with van der Waals surface area (Å²) >= 11 is 0. The molecule has 0 aromatic heterocycles. The molecule has 2 fully saturated rings. The van der Waals surface area contributed by atoms with Gasteiger partial charge in [-0.25, -0.2) is 0 Å². The lowest BCUT2D eigenvalue weighted by Crippen LogP contribution is -2.48. The maximum absolute atomic E-state index is 11.9. The SMILES string of the molecule is CNC(=O)[C@]12CC[C@H](CC1=O)C2(C)C. The highest BCUT2D eigenvalue weighted by Gasteiger charge is 2.67. The zero-order chi connectivity index (χ0) is 10.6. The molecule has 2 saturated carbocycles. The Labute approximate surface area is 84.2 Å². The van der Waals surface area contributed by atoms with Crippen molar-refractivity contribution in [3.8, 4) is 0 Å². The van der Waals surface area contributed by atoms with Crippen molar-refractivity contribution < 1.29 is 9.59 Å². The van der Waals surface area contributed by atoms with E-state index < -0.39 is 5.41 Å². The van der Waals surface area contributed by atoms with Gasteiger partial charge in [-0.1, -0.05) is 13.8 Å². The van der Waals surface area contributed by atoms with Gasteiger partial charge >= 0.3 is 0 Å². The van der Waals surface area contributed by atoms with E-state index in [0.717, 1.165) is 12.8 Å². The Kier molecular flexibility index (Phi) is 1.79. The zero-order valence-corrected chi connectivity index (χ0v) is 9.02. The highest BCUT2D eigenvalue weighted by atomic mass is 16.2. The van der Waals surface area contributed by atoms with Gasteiger partial charge in [0.1, 0.15) is 11.2 Å². The third-order valence-electron chi connectivity index (χ3n) is 4.51. The first-order chi connectivity index (χ1) is 6.46. The second-order valence-corrected chi connectivity index (χ2v) is 5.07. The minimum atomic E-state index is -0.716. The van der Waals surface area contributed by atoms with E-state index in [9.17, 15) is 9.59 Å². The molecule has 0 aromatic carbocycles. The number of Topliss-reactive ketones (excluding diaryl/α,β-unsaturated/α-hetero) is 1. The first kappa shape index (κ1) is 9.69. The van der Waals surface area contributed by atoms with Crippen molar-refractivity contribution in [3.05, 3.63) is 0 Å². The van der Waals surface area contributed by atoms with Crippen LogP contribution >= 0.6 is 0 Å². The summed E-state index contributed by atoms with van der Waals surface area (Å²) in [6.07, 6.45) is 2.36. The van der Waals surface area contributed by atoms with Crippen LogP contribution in [0.5, 0.6) is 0 Å². The van der Waals surface area contributed by atoms with Gasteiger partial charge in [-0.3, -0.25) is 9.59 Å². The molecule has 0 saturated heterocycles. The number of hydrogen-bond acceptors (Lipinski definition) is 2. The van der Waals surface area contributed by atoms with Crippen LogP contribution < -0.4 is 5.32 Å².